The van der Waals surface area contributed by atoms with Gasteiger partial charge < -0.3 is 15.4 Å². The molecule has 1 aliphatic heterocycles. The number of piperidine rings is 1. The molecule has 1 fully saturated rings. The molecule has 0 saturated carbocycles. The van der Waals surface area contributed by atoms with Crippen molar-refractivity contribution in [3.05, 3.63) is 41.2 Å². The summed E-state index contributed by atoms with van der Waals surface area (Å²) in [4.78, 5) is 27.4. The van der Waals surface area contributed by atoms with E-state index in [1.807, 2.05) is 40.0 Å². The quantitative estimate of drug-likeness (QED) is 0.758. The number of likely N-dealkylation sites (tertiary alicyclic amines) is 1. The van der Waals surface area contributed by atoms with Crippen LogP contribution in [0.25, 0.3) is 0 Å². The second-order valence-corrected chi connectivity index (χ2v) is 7.85. The number of anilines is 1. The third-order valence-electron chi connectivity index (χ3n) is 5.88. The highest BCUT2D eigenvalue weighted by molar-refractivity contribution is 5.96. The molecule has 0 radical (unpaired) electrons. The summed E-state index contributed by atoms with van der Waals surface area (Å²) >= 11 is 0. The van der Waals surface area contributed by atoms with Gasteiger partial charge in [-0.2, -0.15) is 5.10 Å². The average molecular weight is 414 g/mol. The van der Waals surface area contributed by atoms with E-state index in [4.69, 9.17) is 4.74 Å². The first kappa shape index (κ1) is 21.8. The van der Waals surface area contributed by atoms with Crippen LogP contribution < -0.4 is 15.4 Å². The first-order chi connectivity index (χ1) is 14.3. The first-order valence-corrected chi connectivity index (χ1v) is 10.3. The number of aromatic nitrogens is 2. The molecule has 0 aliphatic carbocycles. The zero-order valence-electron chi connectivity index (χ0n) is 18.4. The van der Waals surface area contributed by atoms with E-state index in [9.17, 15) is 9.59 Å². The number of carbonyl (C=O) groups is 2. The number of methoxy groups -OCH3 is 1. The van der Waals surface area contributed by atoms with Crippen LogP contribution >= 0.6 is 0 Å². The van der Waals surface area contributed by atoms with Gasteiger partial charge in [0.2, 0.25) is 5.91 Å². The van der Waals surface area contributed by atoms with E-state index < -0.39 is 0 Å². The largest absolute Gasteiger partial charge is 0.497 e. The van der Waals surface area contributed by atoms with Crippen molar-refractivity contribution in [1.29, 1.82) is 0 Å². The normalized spacial score (nSPS) is 16.2. The number of amides is 2. The molecule has 1 aromatic carbocycles. The second-order valence-electron chi connectivity index (χ2n) is 7.85. The molecule has 0 bridgehead atoms. The molecular weight excluding hydrogens is 382 g/mol. The van der Waals surface area contributed by atoms with E-state index in [0.29, 0.717) is 11.3 Å². The highest BCUT2D eigenvalue weighted by Crippen LogP contribution is 2.20. The highest BCUT2D eigenvalue weighted by Gasteiger charge is 2.28. The summed E-state index contributed by atoms with van der Waals surface area (Å²) in [7, 11) is 3.45. The van der Waals surface area contributed by atoms with Crippen molar-refractivity contribution in [2.24, 2.45) is 7.05 Å². The van der Waals surface area contributed by atoms with Crippen molar-refractivity contribution >= 4 is 17.5 Å². The number of carbonyl (C=O) groups excluding carboxylic acids is 2. The number of nitrogens with one attached hydrogen (secondary N) is 2. The SMILES string of the molecule is COc1cccc(C(=O)NC2CCN([C@H](C)C(=O)Nc3c(C)nn(C)c3C)CC2)c1. The van der Waals surface area contributed by atoms with Crippen LogP contribution in [0.3, 0.4) is 0 Å². The number of rotatable bonds is 6. The predicted molar refractivity (Wildman–Crippen MR) is 116 cm³/mol. The average Bonchev–Trinajstić information content (AvgIpc) is 2.99. The van der Waals surface area contributed by atoms with Crippen LogP contribution in [0.2, 0.25) is 0 Å². The molecule has 2 N–H and O–H groups in total. The number of hydrogen-bond acceptors (Lipinski definition) is 5. The minimum absolute atomic E-state index is 0.0342. The second kappa shape index (κ2) is 9.30. The minimum atomic E-state index is -0.251. The molecule has 2 aromatic rings. The van der Waals surface area contributed by atoms with Gasteiger partial charge in [0.15, 0.2) is 0 Å². The predicted octanol–water partition coefficient (Wildman–Crippen LogP) is 2.27. The zero-order valence-corrected chi connectivity index (χ0v) is 18.4. The van der Waals surface area contributed by atoms with Gasteiger partial charge in [-0.25, -0.2) is 0 Å². The van der Waals surface area contributed by atoms with Crippen LogP contribution in [0.4, 0.5) is 5.69 Å². The monoisotopic (exact) mass is 413 g/mol. The fraction of sp³-hybridized carbons (Fsp3) is 0.500. The lowest BCUT2D eigenvalue weighted by molar-refractivity contribution is -0.121. The van der Waals surface area contributed by atoms with E-state index >= 15 is 0 Å². The smallest absolute Gasteiger partial charge is 0.251 e. The van der Waals surface area contributed by atoms with Crippen molar-refractivity contribution < 1.29 is 14.3 Å². The Balaban J connectivity index is 1.51. The maximum absolute atomic E-state index is 12.8. The molecule has 0 unspecified atom stereocenters. The van der Waals surface area contributed by atoms with Crippen LogP contribution in [0.1, 0.15) is 41.5 Å². The molecule has 8 nitrogen and oxygen atoms in total. The van der Waals surface area contributed by atoms with Crippen molar-refractivity contribution in [3.8, 4) is 5.75 Å². The van der Waals surface area contributed by atoms with Gasteiger partial charge in [0.25, 0.3) is 5.91 Å². The van der Waals surface area contributed by atoms with Crippen LogP contribution in [0.15, 0.2) is 24.3 Å². The molecule has 1 aliphatic rings. The van der Waals surface area contributed by atoms with Crippen molar-refractivity contribution in [2.45, 2.75) is 45.7 Å². The van der Waals surface area contributed by atoms with E-state index in [1.54, 1.807) is 23.9 Å². The summed E-state index contributed by atoms with van der Waals surface area (Å²) in [6.07, 6.45) is 1.61. The first-order valence-electron chi connectivity index (χ1n) is 10.3. The van der Waals surface area contributed by atoms with E-state index in [-0.39, 0.29) is 23.9 Å². The lowest BCUT2D eigenvalue weighted by Crippen LogP contribution is -2.50. The van der Waals surface area contributed by atoms with Gasteiger partial charge in [-0.1, -0.05) is 6.07 Å². The minimum Gasteiger partial charge on any atom is -0.497 e. The molecule has 30 heavy (non-hydrogen) atoms. The number of aryl methyl sites for hydroxylation is 2. The Hall–Kier alpha value is -2.87. The van der Waals surface area contributed by atoms with Gasteiger partial charge >= 0.3 is 0 Å². The summed E-state index contributed by atoms with van der Waals surface area (Å²) in [5, 5.41) is 10.5. The van der Waals surface area contributed by atoms with E-state index in [2.05, 4.69) is 20.6 Å². The van der Waals surface area contributed by atoms with E-state index in [1.165, 1.54) is 0 Å². The fourth-order valence-electron chi connectivity index (χ4n) is 3.81. The molecule has 162 valence electrons. The summed E-state index contributed by atoms with van der Waals surface area (Å²) in [6.45, 7) is 7.26. The van der Waals surface area contributed by atoms with Crippen LogP contribution in [0.5, 0.6) is 5.75 Å². The molecular formula is C22H31N5O3. The van der Waals surface area contributed by atoms with Gasteiger partial charge in [-0.15, -0.1) is 0 Å². The summed E-state index contributed by atoms with van der Waals surface area (Å²) in [5.41, 5.74) is 3.13. The molecule has 2 heterocycles. The van der Waals surface area contributed by atoms with Crippen molar-refractivity contribution in [2.75, 3.05) is 25.5 Å². The lowest BCUT2D eigenvalue weighted by Gasteiger charge is -2.35. The van der Waals surface area contributed by atoms with Gasteiger partial charge in [-0.05, 0) is 51.8 Å². The Kier molecular flexibility index (Phi) is 6.77. The van der Waals surface area contributed by atoms with Gasteiger partial charge in [0, 0.05) is 31.7 Å². The highest BCUT2D eigenvalue weighted by atomic mass is 16.5. The summed E-state index contributed by atoms with van der Waals surface area (Å²) < 4.78 is 6.96. The van der Waals surface area contributed by atoms with Crippen LogP contribution in [0, 0.1) is 13.8 Å². The summed E-state index contributed by atoms with van der Waals surface area (Å²) in [6, 6.07) is 6.98. The van der Waals surface area contributed by atoms with Crippen LogP contribution in [-0.4, -0.2) is 58.8 Å². The maximum Gasteiger partial charge on any atom is 0.251 e. The zero-order chi connectivity index (χ0) is 21.8. The number of ether oxygens (including phenoxy) is 1. The van der Waals surface area contributed by atoms with Crippen LogP contribution in [-0.2, 0) is 11.8 Å². The lowest BCUT2D eigenvalue weighted by atomic mass is 10.0. The van der Waals surface area contributed by atoms with Gasteiger partial charge in [-0.3, -0.25) is 19.2 Å². The number of hydrogen-bond donors (Lipinski definition) is 2. The maximum atomic E-state index is 12.8. The molecule has 1 saturated heterocycles. The summed E-state index contributed by atoms with van der Waals surface area (Å²) in [5.74, 6) is 0.533. The number of benzene rings is 1. The van der Waals surface area contributed by atoms with E-state index in [0.717, 1.165) is 43.0 Å². The van der Waals surface area contributed by atoms with Gasteiger partial charge in [0.1, 0.15) is 5.75 Å². The van der Waals surface area contributed by atoms with Crippen molar-refractivity contribution in [1.82, 2.24) is 20.0 Å². The van der Waals surface area contributed by atoms with Crippen molar-refractivity contribution in [3.63, 3.8) is 0 Å². The standard InChI is InChI=1S/C22H31N5O3/c1-14-20(15(2)26(4)25-14)24-21(28)16(3)27-11-9-18(10-12-27)23-22(29)17-7-6-8-19(13-17)30-5/h6-8,13,16,18H,9-12H2,1-5H3,(H,23,29)(H,24,28)/t16-/m1/s1. The molecule has 0 spiro atoms. The molecule has 3 rings (SSSR count). The Morgan fingerprint density at radius 1 is 1.23 bits per heavy atom. The topological polar surface area (TPSA) is 88.5 Å². The fourth-order valence-corrected chi connectivity index (χ4v) is 3.81. The Labute approximate surface area is 177 Å². The molecule has 1 aromatic heterocycles. The molecule has 2 amide bonds. The Bertz CT molecular complexity index is 915. The third-order valence-corrected chi connectivity index (χ3v) is 5.88. The molecule has 1 atom stereocenters. The van der Waals surface area contributed by atoms with Gasteiger partial charge in [0.05, 0.1) is 30.2 Å². The molecule has 8 heteroatoms. The number of nitrogens with zero attached hydrogens (tertiary/aromatic N) is 3. The Morgan fingerprint density at radius 2 is 1.93 bits per heavy atom. The Morgan fingerprint density at radius 3 is 2.53 bits per heavy atom. The third kappa shape index (κ3) is 4.81.